The normalized spacial score (nSPS) is 17.9. The summed E-state index contributed by atoms with van der Waals surface area (Å²) in [4.78, 5) is 28.2. The molecule has 2 amide bonds. The Hall–Kier alpha value is -1.90. The Bertz CT molecular complexity index is 709. The van der Waals surface area contributed by atoms with E-state index >= 15 is 0 Å². The van der Waals surface area contributed by atoms with E-state index < -0.39 is 24.2 Å². The summed E-state index contributed by atoms with van der Waals surface area (Å²) in [5.74, 6) is -0.611. The van der Waals surface area contributed by atoms with E-state index in [4.69, 9.17) is 4.74 Å². The molecule has 0 saturated carbocycles. The third-order valence-corrected chi connectivity index (χ3v) is 4.43. The summed E-state index contributed by atoms with van der Waals surface area (Å²) in [6, 6.07) is 4.09. The lowest BCUT2D eigenvalue weighted by molar-refractivity contribution is -0.0504. The molecule has 1 aliphatic heterocycles. The fourth-order valence-corrected chi connectivity index (χ4v) is 3.11. The molecule has 0 unspecified atom stereocenters. The van der Waals surface area contributed by atoms with Gasteiger partial charge in [0.25, 0.3) is 5.91 Å². The van der Waals surface area contributed by atoms with Crippen LogP contribution in [0.3, 0.4) is 0 Å². The number of carbonyl (C=O) groups is 2. The third kappa shape index (κ3) is 5.79. The zero-order chi connectivity index (χ0) is 20.4. The van der Waals surface area contributed by atoms with Crippen LogP contribution in [0.2, 0.25) is 0 Å². The van der Waals surface area contributed by atoms with Crippen molar-refractivity contribution in [3.63, 3.8) is 0 Å². The van der Waals surface area contributed by atoms with Crippen molar-refractivity contribution >= 4 is 27.9 Å². The highest BCUT2D eigenvalue weighted by Crippen LogP contribution is 2.27. The summed E-state index contributed by atoms with van der Waals surface area (Å²) in [6.45, 7) is 4.96. The lowest BCUT2D eigenvalue weighted by atomic mass is 10.1. The Morgan fingerprint density at radius 3 is 2.48 bits per heavy atom. The van der Waals surface area contributed by atoms with Crippen LogP contribution in [0.4, 0.5) is 13.6 Å². The topological polar surface area (TPSA) is 59.1 Å². The van der Waals surface area contributed by atoms with Gasteiger partial charge in [0.15, 0.2) is 0 Å². The van der Waals surface area contributed by atoms with Gasteiger partial charge in [-0.15, -0.1) is 0 Å². The fourth-order valence-electron chi connectivity index (χ4n) is 2.77. The Labute approximate surface area is 165 Å². The molecule has 1 aromatic rings. The van der Waals surface area contributed by atoms with E-state index in [1.807, 2.05) is 6.92 Å². The van der Waals surface area contributed by atoms with Gasteiger partial charge >= 0.3 is 12.7 Å². The molecule has 1 aromatic carbocycles. The molecule has 1 saturated heterocycles. The second kappa shape index (κ2) is 8.41. The highest BCUT2D eigenvalue weighted by atomic mass is 79.9. The number of carbonyl (C=O) groups excluding carboxylic acids is 2. The minimum absolute atomic E-state index is 0.0522. The summed E-state index contributed by atoms with van der Waals surface area (Å²) in [7, 11) is 0. The van der Waals surface area contributed by atoms with Crippen molar-refractivity contribution in [3.05, 3.63) is 28.2 Å². The molecule has 1 fully saturated rings. The quantitative estimate of drug-likeness (QED) is 0.697. The highest BCUT2D eigenvalue weighted by Gasteiger charge is 2.33. The summed E-state index contributed by atoms with van der Waals surface area (Å²) in [5.41, 5.74) is -0.556. The average molecular weight is 449 g/mol. The maximum atomic E-state index is 12.8. The van der Waals surface area contributed by atoms with Crippen LogP contribution in [0.15, 0.2) is 22.7 Å². The lowest BCUT2D eigenvalue weighted by Crippen LogP contribution is -2.56. The standard InChI is InChI=1S/C18H23BrF2N2O4/c1-11-10-22(7-8-23(11)17(25)27-18(2,3)4)15(24)13-6-5-12(19)9-14(13)26-16(20)21/h5-6,9,11,16H,7-8,10H2,1-4H3/t11-/m1/s1. The van der Waals surface area contributed by atoms with Crippen molar-refractivity contribution in [1.82, 2.24) is 9.80 Å². The van der Waals surface area contributed by atoms with E-state index in [2.05, 4.69) is 20.7 Å². The number of hydrogen-bond acceptors (Lipinski definition) is 4. The highest BCUT2D eigenvalue weighted by molar-refractivity contribution is 9.10. The van der Waals surface area contributed by atoms with Crippen LogP contribution in [0.25, 0.3) is 0 Å². The maximum absolute atomic E-state index is 12.8. The molecule has 150 valence electrons. The molecule has 27 heavy (non-hydrogen) atoms. The average Bonchev–Trinajstić information content (AvgIpc) is 2.52. The summed E-state index contributed by atoms with van der Waals surface area (Å²) >= 11 is 3.18. The minimum Gasteiger partial charge on any atom is -0.444 e. The molecule has 0 spiro atoms. The minimum atomic E-state index is -3.03. The second-order valence-corrected chi connectivity index (χ2v) is 8.21. The molecule has 0 aromatic heterocycles. The van der Waals surface area contributed by atoms with E-state index in [0.29, 0.717) is 11.0 Å². The fraction of sp³-hybridized carbons (Fsp3) is 0.556. The van der Waals surface area contributed by atoms with Crippen molar-refractivity contribution in [2.24, 2.45) is 0 Å². The number of piperazine rings is 1. The first-order valence-corrected chi connectivity index (χ1v) is 9.30. The van der Waals surface area contributed by atoms with Crippen LogP contribution in [0.5, 0.6) is 5.75 Å². The zero-order valence-electron chi connectivity index (χ0n) is 15.7. The number of ether oxygens (including phenoxy) is 2. The van der Waals surface area contributed by atoms with Crippen LogP contribution in [-0.2, 0) is 4.74 Å². The first-order chi connectivity index (χ1) is 12.5. The van der Waals surface area contributed by atoms with E-state index in [9.17, 15) is 18.4 Å². The van der Waals surface area contributed by atoms with Gasteiger partial charge in [-0.2, -0.15) is 8.78 Å². The molecule has 9 heteroatoms. The molecule has 0 radical (unpaired) electrons. The van der Waals surface area contributed by atoms with E-state index in [0.717, 1.165) is 0 Å². The van der Waals surface area contributed by atoms with Crippen molar-refractivity contribution in [1.29, 1.82) is 0 Å². The number of rotatable bonds is 3. The van der Waals surface area contributed by atoms with E-state index in [-0.39, 0.29) is 30.4 Å². The Morgan fingerprint density at radius 1 is 1.26 bits per heavy atom. The molecular formula is C18H23BrF2N2O4. The maximum Gasteiger partial charge on any atom is 0.410 e. The van der Waals surface area contributed by atoms with Crippen LogP contribution >= 0.6 is 15.9 Å². The molecule has 1 atom stereocenters. The van der Waals surface area contributed by atoms with Crippen molar-refractivity contribution in [2.45, 2.75) is 45.9 Å². The number of amides is 2. The molecule has 0 N–H and O–H groups in total. The first kappa shape index (κ1) is 21.4. The number of halogens is 3. The number of hydrogen-bond donors (Lipinski definition) is 0. The van der Waals surface area contributed by atoms with Crippen LogP contribution < -0.4 is 4.74 Å². The van der Waals surface area contributed by atoms with Gasteiger partial charge in [-0.1, -0.05) is 15.9 Å². The van der Waals surface area contributed by atoms with Crippen LogP contribution in [0.1, 0.15) is 38.1 Å². The largest absolute Gasteiger partial charge is 0.444 e. The smallest absolute Gasteiger partial charge is 0.410 e. The molecular weight excluding hydrogens is 426 g/mol. The van der Waals surface area contributed by atoms with Gasteiger partial charge in [0, 0.05) is 30.1 Å². The van der Waals surface area contributed by atoms with Crippen LogP contribution in [-0.4, -0.2) is 59.7 Å². The molecule has 2 rings (SSSR count). The zero-order valence-corrected chi connectivity index (χ0v) is 17.3. The third-order valence-electron chi connectivity index (χ3n) is 3.93. The predicted molar refractivity (Wildman–Crippen MR) is 99.1 cm³/mol. The second-order valence-electron chi connectivity index (χ2n) is 7.29. The van der Waals surface area contributed by atoms with Gasteiger partial charge in [-0.05, 0) is 45.9 Å². The molecule has 6 nitrogen and oxygen atoms in total. The van der Waals surface area contributed by atoms with Crippen molar-refractivity contribution in [2.75, 3.05) is 19.6 Å². The Balaban J connectivity index is 2.11. The summed E-state index contributed by atoms with van der Waals surface area (Å²) in [6.07, 6.45) is -0.438. The Kier molecular flexibility index (Phi) is 6.67. The molecule has 1 aliphatic rings. The van der Waals surface area contributed by atoms with E-state index in [1.54, 1.807) is 31.7 Å². The van der Waals surface area contributed by atoms with Gasteiger partial charge in [0.1, 0.15) is 11.4 Å². The molecule has 1 heterocycles. The summed E-state index contributed by atoms with van der Waals surface area (Å²) in [5, 5.41) is 0. The first-order valence-electron chi connectivity index (χ1n) is 8.51. The van der Waals surface area contributed by atoms with Gasteiger partial charge < -0.3 is 19.3 Å². The van der Waals surface area contributed by atoms with E-state index in [1.165, 1.54) is 17.0 Å². The molecule has 0 bridgehead atoms. The SMILES string of the molecule is C[C@@H]1CN(C(=O)c2ccc(Br)cc2OC(F)F)CCN1C(=O)OC(C)(C)C. The van der Waals surface area contributed by atoms with Crippen molar-refractivity contribution in [3.8, 4) is 5.75 Å². The van der Waals surface area contributed by atoms with Gasteiger partial charge in [-0.3, -0.25) is 4.79 Å². The monoisotopic (exact) mass is 448 g/mol. The molecule has 0 aliphatic carbocycles. The van der Waals surface area contributed by atoms with Gasteiger partial charge in [0.05, 0.1) is 5.56 Å². The number of nitrogens with zero attached hydrogens (tertiary/aromatic N) is 2. The van der Waals surface area contributed by atoms with Gasteiger partial charge in [0.2, 0.25) is 0 Å². The predicted octanol–water partition coefficient (Wildman–Crippen LogP) is 4.13. The number of benzene rings is 1. The van der Waals surface area contributed by atoms with Crippen LogP contribution in [0, 0.1) is 0 Å². The van der Waals surface area contributed by atoms with Crippen molar-refractivity contribution < 1.29 is 27.8 Å². The Morgan fingerprint density at radius 2 is 1.93 bits per heavy atom. The van der Waals surface area contributed by atoms with Gasteiger partial charge in [-0.25, -0.2) is 4.79 Å². The number of alkyl halides is 2. The summed E-state index contributed by atoms with van der Waals surface area (Å²) < 4.78 is 35.7. The lowest BCUT2D eigenvalue weighted by Gasteiger charge is -2.40.